The number of carbonyl (C=O) groups is 1. The molecule has 3 N–H and O–H groups in total. The summed E-state index contributed by atoms with van der Waals surface area (Å²) in [6, 6.07) is 8.75. The average molecular weight is 409 g/mol. The van der Waals surface area contributed by atoms with Crippen molar-refractivity contribution in [3.8, 4) is 0 Å². The molecule has 1 amide bonds. The van der Waals surface area contributed by atoms with E-state index in [1.807, 2.05) is 0 Å². The lowest BCUT2D eigenvalue weighted by molar-refractivity contribution is -0.509. The number of amides is 1. The molecule has 0 aliphatic rings. The molecule has 1 heterocycles. The van der Waals surface area contributed by atoms with Crippen molar-refractivity contribution in [3.05, 3.63) is 80.1 Å². The Morgan fingerprint density at radius 2 is 1.90 bits per heavy atom. The third-order valence-electron chi connectivity index (χ3n) is 4.27. The standard InChI is InChI=1S/C18H15N7O5/c1-10-4-2-3-5-12(10)22-18(26)16(23-19)17(25(29)30)15-9-20-13-7-6-11(24(27)28)8-14(13)21-15/h2-9,17H,19H2,1H3,(H,22,26)/b23-16+/t17-/m0/s1. The van der Waals surface area contributed by atoms with Gasteiger partial charge in [-0.1, -0.05) is 18.2 Å². The van der Waals surface area contributed by atoms with Gasteiger partial charge in [-0.15, -0.1) is 0 Å². The van der Waals surface area contributed by atoms with E-state index < -0.39 is 27.5 Å². The Balaban J connectivity index is 2.01. The van der Waals surface area contributed by atoms with Crippen LogP contribution in [-0.2, 0) is 4.79 Å². The fraction of sp³-hybridized carbons (Fsp3) is 0.111. The van der Waals surface area contributed by atoms with Crippen molar-refractivity contribution >= 4 is 34.0 Å². The SMILES string of the molecule is Cc1ccccc1NC(=O)/C(=N/N)[C@H](c1cnc2ccc([N+](=O)[O-])cc2n1)[N+](=O)[O-]. The number of non-ortho nitro benzene ring substituents is 1. The van der Waals surface area contributed by atoms with Gasteiger partial charge in [-0.3, -0.25) is 30.0 Å². The number of nitrogens with one attached hydrogen (secondary N) is 1. The minimum Gasteiger partial charge on any atom is -0.323 e. The number of para-hydroxylation sites is 1. The van der Waals surface area contributed by atoms with E-state index in [1.54, 1.807) is 31.2 Å². The molecule has 12 nitrogen and oxygen atoms in total. The van der Waals surface area contributed by atoms with Crippen molar-refractivity contribution in [2.75, 3.05) is 5.32 Å². The van der Waals surface area contributed by atoms with E-state index in [4.69, 9.17) is 5.84 Å². The Bertz CT molecular complexity index is 1190. The summed E-state index contributed by atoms with van der Waals surface area (Å²) in [5.41, 5.74) is 0.436. The molecule has 0 saturated carbocycles. The number of anilines is 1. The number of hydrogen-bond donors (Lipinski definition) is 2. The number of nitro benzene ring substituents is 1. The summed E-state index contributed by atoms with van der Waals surface area (Å²) < 4.78 is 0. The number of aryl methyl sites for hydroxylation is 1. The van der Waals surface area contributed by atoms with Crippen LogP contribution in [0.25, 0.3) is 11.0 Å². The first-order chi connectivity index (χ1) is 14.3. The van der Waals surface area contributed by atoms with Crippen molar-refractivity contribution in [1.29, 1.82) is 0 Å². The van der Waals surface area contributed by atoms with Gasteiger partial charge in [-0.2, -0.15) is 5.10 Å². The lowest BCUT2D eigenvalue weighted by atomic mass is 10.1. The fourth-order valence-electron chi connectivity index (χ4n) is 2.76. The van der Waals surface area contributed by atoms with Crippen LogP contribution in [0.1, 0.15) is 17.3 Å². The van der Waals surface area contributed by atoms with Gasteiger partial charge in [0.15, 0.2) is 0 Å². The molecule has 0 radical (unpaired) electrons. The smallest absolute Gasteiger partial charge is 0.304 e. The molecule has 1 aromatic heterocycles. The molecule has 0 spiro atoms. The van der Waals surface area contributed by atoms with Gasteiger partial charge in [0, 0.05) is 22.7 Å². The van der Waals surface area contributed by atoms with E-state index in [0.717, 1.165) is 17.8 Å². The van der Waals surface area contributed by atoms with E-state index >= 15 is 0 Å². The van der Waals surface area contributed by atoms with Crippen molar-refractivity contribution in [2.45, 2.75) is 13.0 Å². The van der Waals surface area contributed by atoms with Gasteiger partial charge >= 0.3 is 6.04 Å². The highest BCUT2D eigenvalue weighted by molar-refractivity contribution is 6.44. The molecule has 0 aliphatic heterocycles. The number of rotatable bonds is 6. The summed E-state index contributed by atoms with van der Waals surface area (Å²) in [6.45, 7) is 1.75. The predicted octanol–water partition coefficient (Wildman–Crippen LogP) is 2.12. The molecule has 0 unspecified atom stereocenters. The zero-order valence-corrected chi connectivity index (χ0v) is 15.6. The van der Waals surface area contributed by atoms with E-state index in [9.17, 15) is 25.0 Å². The molecular formula is C18H15N7O5. The van der Waals surface area contributed by atoms with Crippen molar-refractivity contribution in [1.82, 2.24) is 9.97 Å². The minimum atomic E-state index is -1.82. The van der Waals surface area contributed by atoms with Crippen LogP contribution in [0, 0.1) is 27.2 Å². The molecule has 0 fully saturated rings. The number of aromatic nitrogens is 2. The second-order valence-electron chi connectivity index (χ2n) is 6.20. The van der Waals surface area contributed by atoms with Crippen molar-refractivity contribution in [2.24, 2.45) is 10.9 Å². The van der Waals surface area contributed by atoms with Gasteiger partial charge in [0.25, 0.3) is 11.6 Å². The summed E-state index contributed by atoms with van der Waals surface area (Å²) in [7, 11) is 0. The van der Waals surface area contributed by atoms with E-state index in [2.05, 4.69) is 20.4 Å². The molecule has 0 bridgehead atoms. The molecule has 1 atom stereocenters. The lowest BCUT2D eigenvalue weighted by Gasteiger charge is -2.13. The lowest BCUT2D eigenvalue weighted by Crippen LogP contribution is -2.34. The Morgan fingerprint density at radius 1 is 1.17 bits per heavy atom. The molecule has 30 heavy (non-hydrogen) atoms. The highest BCUT2D eigenvalue weighted by atomic mass is 16.6. The Labute approximate surface area is 168 Å². The van der Waals surface area contributed by atoms with Gasteiger partial charge in [-0.05, 0) is 24.6 Å². The third-order valence-corrected chi connectivity index (χ3v) is 4.27. The summed E-state index contributed by atoms with van der Waals surface area (Å²) in [4.78, 5) is 42.1. The van der Waals surface area contributed by atoms with Gasteiger partial charge in [0.1, 0.15) is 5.69 Å². The van der Waals surface area contributed by atoms with E-state index in [1.165, 1.54) is 12.1 Å². The second-order valence-corrected chi connectivity index (χ2v) is 6.20. The first kappa shape index (κ1) is 20.3. The third kappa shape index (κ3) is 4.01. The first-order valence-corrected chi connectivity index (χ1v) is 8.51. The zero-order chi connectivity index (χ0) is 21.8. The van der Waals surface area contributed by atoms with Crippen LogP contribution in [0.5, 0.6) is 0 Å². The van der Waals surface area contributed by atoms with E-state index in [0.29, 0.717) is 11.2 Å². The second kappa shape index (κ2) is 8.26. The first-order valence-electron chi connectivity index (χ1n) is 8.51. The number of benzene rings is 2. The van der Waals surface area contributed by atoms with Gasteiger partial charge in [-0.25, -0.2) is 4.98 Å². The number of fused-ring (bicyclic) bond motifs is 1. The highest BCUT2D eigenvalue weighted by Crippen LogP contribution is 2.23. The molecule has 0 aliphatic carbocycles. The topological polar surface area (TPSA) is 180 Å². The Hall–Kier alpha value is -4.48. The molecule has 3 rings (SSSR count). The van der Waals surface area contributed by atoms with E-state index in [-0.39, 0.29) is 16.9 Å². The zero-order valence-electron chi connectivity index (χ0n) is 15.6. The number of nitrogens with zero attached hydrogens (tertiary/aromatic N) is 5. The maximum Gasteiger partial charge on any atom is 0.304 e. The van der Waals surface area contributed by atoms with Gasteiger partial charge in [0.05, 0.1) is 22.2 Å². The van der Waals surface area contributed by atoms with Crippen LogP contribution in [0.15, 0.2) is 53.8 Å². The molecule has 3 aromatic rings. The number of nitro groups is 2. The number of nitrogens with two attached hydrogens (primary N) is 1. The fourth-order valence-corrected chi connectivity index (χ4v) is 2.76. The summed E-state index contributed by atoms with van der Waals surface area (Å²) in [5, 5.41) is 28.6. The van der Waals surface area contributed by atoms with Crippen LogP contribution in [-0.4, -0.2) is 31.4 Å². The number of carbonyl (C=O) groups excluding carboxylic acids is 1. The van der Waals surface area contributed by atoms with Gasteiger partial charge < -0.3 is 11.2 Å². The Kier molecular flexibility index (Phi) is 5.58. The summed E-state index contributed by atoms with van der Waals surface area (Å²) >= 11 is 0. The quantitative estimate of drug-likeness (QED) is 0.269. The van der Waals surface area contributed by atoms with Crippen LogP contribution >= 0.6 is 0 Å². The molecular weight excluding hydrogens is 394 g/mol. The number of hydrogen-bond acceptors (Lipinski definition) is 9. The molecule has 0 saturated heterocycles. The van der Waals surface area contributed by atoms with Crippen LogP contribution in [0.4, 0.5) is 11.4 Å². The van der Waals surface area contributed by atoms with Gasteiger partial charge in [0.2, 0.25) is 5.71 Å². The maximum absolute atomic E-state index is 12.7. The molecule has 12 heteroatoms. The minimum absolute atomic E-state index is 0.0595. The largest absolute Gasteiger partial charge is 0.323 e. The van der Waals surface area contributed by atoms with Crippen molar-refractivity contribution < 1.29 is 14.6 Å². The predicted molar refractivity (Wildman–Crippen MR) is 107 cm³/mol. The highest BCUT2D eigenvalue weighted by Gasteiger charge is 2.37. The normalized spacial score (nSPS) is 12.4. The Morgan fingerprint density at radius 3 is 2.53 bits per heavy atom. The van der Waals surface area contributed by atoms with Crippen LogP contribution in [0.3, 0.4) is 0 Å². The monoisotopic (exact) mass is 409 g/mol. The molecule has 2 aromatic carbocycles. The van der Waals surface area contributed by atoms with Crippen molar-refractivity contribution in [3.63, 3.8) is 0 Å². The maximum atomic E-state index is 12.7. The van der Waals surface area contributed by atoms with Crippen LogP contribution < -0.4 is 11.2 Å². The average Bonchev–Trinajstić information content (AvgIpc) is 2.72. The number of hydrazone groups is 1. The summed E-state index contributed by atoms with van der Waals surface area (Å²) in [6.07, 6.45) is 1.11. The molecule has 152 valence electrons. The van der Waals surface area contributed by atoms with Crippen LogP contribution in [0.2, 0.25) is 0 Å². The summed E-state index contributed by atoms with van der Waals surface area (Å²) in [5.74, 6) is 4.42.